The summed E-state index contributed by atoms with van der Waals surface area (Å²) in [5.74, 6) is 0.102. The average Bonchev–Trinajstić information content (AvgIpc) is 2.66. The van der Waals surface area contributed by atoms with Gasteiger partial charge in [0.15, 0.2) is 0 Å². The predicted molar refractivity (Wildman–Crippen MR) is 114 cm³/mol. The van der Waals surface area contributed by atoms with Crippen molar-refractivity contribution >= 4 is 37.5 Å². The van der Waals surface area contributed by atoms with Crippen molar-refractivity contribution in [2.75, 3.05) is 21.3 Å². The van der Waals surface area contributed by atoms with E-state index in [1.807, 2.05) is 37.3 Å². The third kappa shape index (κ3) is 4.94. The first-order chi connectivity index (χ1) is 13.3. The Labute approximate surface area is 167 Å². The Hall–Kier alpha value is -2.32. The van der Waals surface area contributed by atoms with Crippen LogP contribution < -0.4 is 9.03 Å². The number of fused-ring (bicyclic) bond motifs is 1. The first-order valence-corrected chi connectivity index (χ1v) is 12.4. The second-order valence-corrected chi connectivity index (χ2v) is 10.3. The number of nitrogens with zero attached hydrogens (tertiary/aromatic N) is 1. The van der Waals surface area contributed by atoms with Crippen molar-refractivity contribution in [3.05, 3.63) is 65.1 Å². The van der Waals surface area contributed by atoms with E-state index in [1.165, 1.54) is 10.4 Å². The fourth-order valence-corrected chi connectivity index (χ4v) is 5.69. The molecule has 0 fully saturated rings. The lowest BCUT2D eigenvalue weighted by Crippen LogP contribution is -2.37. The van der Waals surface area contributed by atoms with Gasteiger partial charge in [0, 0.05) is 12.2 Å². The lowest BCUT2D eigenvalue weighted by molar-refractivity contribution is 0.585. The highest BCUT2D eigenvalue weighted by Gasteiger charge is 2.27. The Balaban J connectivity index is 1.81. The molecule has 8 heteroatoms. The third-order valence-corrected chi connectivity index (χ3v) is 7.44. The van der Waals surface area contributed by atoms with Gasteiger partial charge < -0.3 is 0 Å². The maximum atomic E-state index is 12.5. The summed E-state index contributed by atoms with van der Waals surface area (Å²) < 4.78 is 53.6. The molecule has 1 heterocycles. The number of aryl methyl sites for hydroxylation is 1. The van der Waals surface area contributed by atoms with Gasteiger partial charge in [0.2, 0.25) is 10.0 Å². The highest BCUT2D eigenvalue weighted by Crippen LogP contribution is 2.32. The molecule has 0 aliphatic carbocycles. The van der Waals surface area contributed by atoms with Gasteiger partial charge in [-0.1, -0.05) is 37.3 Å². The van der Waals surface area contributed by atoms with Crippen molar-refractivity contribution in [2.24, 2.45) is 0 Å². The van der Waals surface area contributed by atoms with Gasteiger partial charge in [-0.05, 0) is 54.7 Å². The lowest BCUT2D eigenvalue weighted by atomic mass is 10.0. The molecule has 150 valence electrons. The van der Waals surface area contributed by atoms with Crippen LogP contribution in [0.3, 0.4) is 0 Å². The Morgan fingerprint density at radius 2 is 1.82 bits per heavy atom. The third-order valence-electron chi connectivity index (χ3n) is 4.45. The molecule has 2 aromatic carbocycles. The molecule has 1 N–H and O–H groups in total. The molecule has 0 atom stereocenters. The summed E-state index contributed by atoms with van der Waals surface area (Å²) >= 11 is 0. The van der Waals surface area contributed by atoms with E-state index < -0.39 is 20.0 Å². The summed E-state index contributed by atoms with van der Waals surface area (Å²) in [5, 5.41) is 1.12. The molecular formula is C20H24N2O4S2. The van der Waals surface area contributed by atoms with Gasteiger partial charge >= 0.3 is 0 Å². The Kier molecular flexibility index (Phi) is 6.10. The Morgan fingerprint density at radius 3 is 2.54 bits per heavy atom. The van der Waals surface area contributed by atoms with Crippen molar-refractivity contribution in [3.8, 4) is 0 Å². The number of anilines is 2. The summed E-state index contributed by atoms with van der Waals surface area (Å²) in [4.78, 5) is 0. The molecule has 0 saturated carbocycles. The van der Waals surface area contributed by atoms with Crippen molar-refractivity contribution in [1.29, 1.82) is 0 Å². The van der Waals surface area contributed by atoms with E-state index in [4.69, 9.17) is 0 Å². The molecule has 0 amide bonds. The minimum absolute atomic E-state index is 0.102. The van der Waals surface area contributed by atoms with E-state index >= 15 is 0 Å². The van der Waals surface area contributed by atoms with Crippen molar-refractivity contribution < 1.29 is 16.8 Å². The minimum Gasteiger partial charge on any atom is -0.280 e. The van der Waals surface area contributed by atoms with E-state index in [2.05, 4.69) is 4.72 Å². The standard InChI is InChI=1S/C20H24N2O4S2/c1-2-14-28(25,26)22-13-6-9-18-16-19(10-11-20(18)22)21-27(23,24)15-12-17-7-4-3-5-8-17/h3-5,7-8,10-12,15-16,21H,2,6,9,13-14H2,1H3/b15-12+. The van der Waals surface area contributed by atoms with Crippen LogP contribution in [0.2, 0.25) is 0 Å². The first kappa shape index (κ1) is 20.4. The zero-order valence-corrected chi connectivity index (χ0v) is 17.3. The second kappa shape index (κ2) is 8.36. The van der Waals surface area contributed by atoms with Crippen LogP contribution >= 0.6 is 0 Å². The van der Waals surface area contributed by atoms with Gasteiger partial charge in [-0.15, -0.1) is 0 Å². The fourth-order valence-electron chi connectivity index (χ4n) is 3.21. The van der Waals surface area contributed by atoms with E-state index in [0.717, 1.165) is 16.5 Å². The molecule has 1 aliphatic heterocycles. The van der Waals surface area contributed by atoms with Gasteiger partial charge in [-0.3, -0.25) is 9.03 Å². The topological polar surface area (TPSA) is 83.6 Å². The van der Waals surface area contributed by atoms with Crippen LogP contribution in [0, 0.1) is 0 Å². The Morgan fingerprint density at radius 1 is 1.07 bits per heavy atom. The summed E-state index contributed by atoms with van der Waals surface area (Å²) in [6.07, 6.45) is 3.50. The van der Waals surface area contributed by atoms with Crippen LogP contribution in [0.1, 0.15) is 30.9 Å². The van der Waals surface area contributed by atoms with E-state index in [1.54, 1.807) is 18.2 Å². The molecule has 1 aliphatic rings. The molecule has 0 spiro atoms. The molecule has 2 aromatic rings. The molecule has 3 rings (SSSR count). The second-order valence-electron chi connectivity index (χ2n) is 6.70. The summed E-state index contributed by atoms with van der Waals surface area (Å²) in [7, 11) is -7.02. The summed E-state index contributed by atoms with van der Waals surface area (Å²) in [6, 6.07) is 14.2. The fraction of sp³-hybridized carbons (Fsp3) is 0.300. The van der Waals surface area contributed by atoms with Crippen LogP contribution in [-0.2, 0) is 26.5 Å². The molecule has 0 saturated heterocycles. The molecular weight excluding hydrogens is 396 g/mol. The number of benzene rings is 2. The maximum Gasteiger partial charge on any atom is 0.255 e. The van der Waals surface area contributed by atoms with E-state index in [0.29, 0.717) is 37.2 Å². The van der Waals surface area contributed by atoms with Gasteiger partial charge in [0.05, 0.1) is 16.8 Å². The van der Waals surface area contributed by atoms with E-state index in [-0.39, 0.29) is 5.75 Å². The molecule has 0 unspecified atom stereocenters. The SMILES string of the molecule is CCCS(=O)(=O)N1CCCc2cc(NS(=O)(=O)/C=C/c3ccccc3)ccc21. The highest BCUT2D eigenvalue weighted by atomic mass is 32.2. The smallest absolute Gasteiger partial charge is 0.255 e. The van der Waals surface area contributed by atoms with Crippen molar-refractivity contribution in [1.82, 2.24) is 0 Å². The number of hydrogen-bond donors (Lipinski definition) is 1. The lowest BCUT2D eigenvalue weighted by Gasteiger charge is -2.30. The van der Waals surface area contributed by atoms with Crippen LogP contribution in [0.15, 0.2) is 53.9 Å². The molecule has 28 heavy (non-hydrogen) atoms. The number of nitrogens with one attached hydrogen (secondary N) is 1. The first-order valence-electron chi connectivity index (χ1n) is 9.20. The summed E-state index contributed by atoms with van der Waals surface area (Å²) in [6.45, 7) is 2.30. The number of rotatable bonds is 7. The van der Waals surface area contributed by atoms with Crippen LogP contribution in [0.4, 0.5) is 11.4 Å². The van der Waals surface area contributed by atoms with Gasteiger partial charge in [-0.2, -0.15) is 0 Å². The maximum absolute atomic E-state index is 12.5. The largest absolute Gasteiger partial charge is 0.280 e. The molecule has 0 bridgehead atoms. The monoisotopic (exact) mass is 420 g/mol. The van der Waals surface area contributed by atoms with Gasteiger partial charge in [-0.25, -0.2) is 16.8 Å². The van der Waals surface area contributed by atoms with Crippen molar-refractivity contribution in [3.63, 3.8) is 0 Å². The van der Waals surface area contributed by atoms with Crippen molar-refractivity contribution in [2.45, 2.75) is 26.2 Å². The van der Waals surface area contributed by atoms with Crippen LogP contribution in [0.25, 0.3) is 6.08 Å². The quantitative estimate of drug-likeness (QED) is 0.742. The molecule has 6 nitrogen and oxygen atoms in total. The predicted octanol–water partition coefficient (Wildman–Crippen LogP) is 3.59. The van der Waals surface area contributed by atoms with Gasteiger partial charge in [0.1, 0.15) is 0 Å². The molecule has 0 radical (unpaired) electrons. The summed E-state index contributed by atoms with van der Waals surface area (Å²) in [5.41, 5.74) is 2.68. The van der Waals surface area contributed by atoms with E-state index in [9.17, 15) is 16.8 Å². The normalized spacial score (nSPS) is 14.8. The zero-order chi connectivity index (χ0) is 20.2. The highest BCUT2D eigenvalue weighted by molar-refractivity contribution is 7.95. The number of hydrogen-bond acceptors (Lipinski definition) is 4. The van der Waals surface area contributed by atoms with Crippen LogP contribution in [0.5, 0.6) is 0 Å². The zero-order valence-electron chi connectivity index (χ0n) is 15.7. The van der Waals surface area contributed by atoms with Gasteiger partial charge in [0.25, 0.3) is 10.0 Å². The Bertz CT molecular complexity index is 1060. The average molecular weight is 421 g/mol. The minimum atomic E-state index is -3.67. The molecule has 0 aromatic heterocycles. The van der Waals surface area contributed by atoms with Crippen LogP contribution in [-0.4, -0.2) is 29.1 Å². The number of sulfonamides is 2.